The van der Waals surface area contributed by atoms with E-state index in [9.17, 15) is 14.4 Å². The van der Waals surface area contributed by atoms with Crippen molar-refractivity contribution in [3.63, 3.8) is 0 Å². The van der Waals surface area contributed by atoms with Crippen molar-refractivity contribution in [2.24, 2.45) is 5.92 Å². The number of amides is 4. The zero-order valence-corrected chi connectivity index (χ0v) is 19.5. The Bertz CT molecular complexity index is 769. The Hall–Kier alpha value is -2.61. The summed E-state index contributed by atoms with van der Waals surface area (Å²) >= 11 is 0. The number of likely N-dealkylation sites (tertiary alicyclic amines) is 1. The topological polar surface area (TPSA) is 82.2 Å². The molecule has 2 aliphatic heterocycles. The summed E-state index contributed by atoms with van der Waals surface area (Å²) in [6.45, 7) is 7.27. The first-order valence-electron chi connectivity index (χ1n) is 11.6. The van der Waals surface area contributed by atoms with Crippen molar-refractivity contribution in [1.29, 1.82) is 0 Å². The van der Waals surface area contributed by atoms with Crippen LogP contribution in [0.2, 0.25) is 0 Å². The molecule has 0 aliphatic carbocycles. The molecule has 1 N–H and O–H groups in total. The lowest BCUT2D eigenvalue weighted by atomic mass is 9.94. The molecule has 2 unspecified atom stereocenters. The van der Waals surface area contributed by atoms with Crippen LogP contribution in [0.25, 0.3) is 0 Å². The molecule has 0 spiro atoms. The lowest BCUT2D eigenvalue weighted by Crippen LogP contribution is -2.52. The number of ether oxygens (including phenoxy) is 1. The Kier molecular flexibility index (Phi) is 8.50. The van der Waals surface area contributed by atoms with Crippen LogP contribution in [0.15, 0.2) is 30.3 Å². The number of carbonyl (C=O) groups is 3. The van der Waals surface area contributed by atoms with Crippen molar-refractivity contribution >= 4 is 17.8 Å². The van der Waals surface area contributed by atoms with Gasteiger partial charge in [-0.15, -0.1) is 0 Å². The van der Waals surface area contributed by atoms with Crippen LogP contribution in [-0.4, -0.2) is 84.5 Å². The van der Waals surface area contributed by atoms with E-state index in [1.54, 1.807) is 11.9 Å². The van der Waals surface area contributed by atoms with E-state index >= 15 is 0 Å². The largest absolute Gasteiger partial charge is 0.372 e. The van der Waals surface area contributed by atoms with Gasteiger partial charge in [0.25, 0.3) is 0 Å². The maximum atomic E-state index is 12.9. The van der Waals surface area contributed by atoms with Crippen molar-refractivity contribution in [3.05, 3.63) is 35.9 Å². The number of rotatable bonds is 6. The molecule has 0 saturated carbocycles. The highest BCUT2D eigenvalue weighted by Gasteiger charge is 2.33. The van der Waals surface area contributed by atoms with Gasteiger partial charge in [-0.2, -0.15) is 0 Å². The van der Waals surface area contributed by atoms with Gasteiger partial charge in [0.1, 0.15) is 0 Å². The van der Waals surface area contributed by atoms with E-state index in [0.717, 1.165) is 5.56 Å². The van der Waals surface area contributed by atoms with Gasteiger partial charge in [0.05, 0.1) is 12.2 Å². The highest BCUT2D eigenvalue weighted by atomic mass is 16.5. The molecule has 2 saturated heterocycles. The van der Waals surface area contributed by atoms with E-state index in [0.29, 0.717) is 52.1 Å². The number of urea groups is 1. The van der Waals surface area contributed by atoms with Gasteiger partial charge in [-0.3, -0.25) is 9.59 Å². The molecule has 3 rings (SSSR count). The Balaban J connectivity index is 1.35. The molecule has 4 amide bonds. The fourth-order valence-corrected chi connectivity index (χ4v) is 4.49. The summed E-state index contributed by atoms with van der Waals surface area (Å²) in [5.74, 6) is 0.186. The van der Waals surface area contributed by atoms with Gasteiger partial charge < -0.3 is 24.8 Å². The van der Waals surface area contributed by atoms with Crippen LogP contribution in [-0.2, 0) is 20.9 Å². The van der Waals surface area contributed by atoms with Crippen LogP contribution in [0, 0.1) is 5.92 Å². The molecular formula is C24H36N4O4. The predicted octanol–water partition coefficient (Wildman–Crippen LogP) is 2.09. The monoisotopic (exact) mass is 444 g/mol. The highest BCUT2D eigenvalue weighted by molar-refractivity contribution is 5.81. The minimum Gasteiger partial charge on any atom is -0.372 e. The fourth-order valence-electron chi connectivity index (χ4n) is 4.49. The molecule has 1 aromatic carbocycles. The maximum Gasteiger partial charge on any atom is 0.317 e. The first kappa shape index (κ1) is 24.0. The van der Waals surface area contributed by atoms with Gasteiger partial charge in [-0.25, -0.2) is 4.79 Å². The average molecular weight is 445 g/mol. The molecule has 2 aliphatic rings. The molecule has 1 aromatic rings. The zero-order valence-electron chi connectivity index (χ0n) is 19.5. The first-order valence-corrected chi connectivity index (χ1v) is 11.6. The molecule has 8 heteroatoms. The third-order valence-electron chi connectivity index (χ3n) is 6.15. The molecule has 2 atom stereocenters. The number of piperidine rings is 1. The Morgan fingerprint density at radius 2 is 1.66 bits per heavy atom. The molecule has 32 heavy (non-hydrogen) atoms. The van der Waals surface area contributed by atoms with E-state index in [-0.39, 0.29) is 42.4 Å². The van der Waals surface area contributed by atoms with Gasteiger partial charge in [0.2, 0.25) is 11.8 Å². The molecule has 8 nitrogen and oxygen atoms in total. The van der Waals surface area contributed by atoms with Crippen molar-refractivity contribution in [3.8, 4) is 0 Å². The standard InChI is InChI=1S/C24H36N4O4/c1-18-15-28(16-19(2)32-18)23(30)21-10-13-27(14-11-21)22(29)9-12-25-24(31)26(3)17-20-7-5-4-6-8-20/h4-8,18-19,21H,9-17H2,1-3H3,(H,25,31). The summed E-state index contributed by atoms with van der Waals surface area (Å²) < 4.78 is 5.72. The molecule has 0 aromatic heterocycles. The lowest BCUT2D eigenvalue weighted by Gasteiger charge is -2.39. The summed E-state index contributed by atoms with van der Waals surface area (Å²) in [5, 5.41) is 2.82. The maximum absolute atomic E-state index is 12.9. The van der Waals surface area contributed by atoms with Gasteiger partial charge in [-0.1, -0.05) is 30.3 Å². The molecule has 0 radical (unpaired) electrons. The minimum absolute atomic E-state index is 0.0236. The van der Waals surface area contributed by atoms with E-state index in [4.69, 9.17) is 4.74 Å². The number of carbonyl (C=O) groups excluding carboxylic acids is 3. The smallest absolute Gasteiger partial charge is 0.317 e. The van der Waals surface area contributed by atoms with Gasteiger partial charge in [-0.05, 0) is 32.3 Å². The summed E-state index contributed by atoms with van der Waals surface area (Å²) in [7, 11) is 1.74. The van der Waals surface area contributed by atoms with Gasteiger partial charge >= 0.3 is 6.03 Å². The van der Waals surface area contributed by atoms with Crippen LogP contribution in [0.5, 0.6) is 0 Å². The quantitative estimate of drug-likeness (QED) is 0.729. The molecule has 176 valence electrons. The van der Waals surface area contributed by atoms with Crippen molar-refractivity contribution < 1.29 is 19.1 Å². The predicted molar refractivity (Wildman–Crippen MR) is 122 cm³/mol. The molecule has 2 heterocycles. The van der Waals surface area contributed by atoms with Crippen LogP contribution < -0.4 is 5.32 Å². The third kappa shape index (κ3) is 6.69. The van der Waals surface area contributed by atoms with Crippen LogP contribution >= 0.6 is 0 Å². The summed E-state index contributed by atoms with van der Waals surface area (Å²) in [4.78, 5) is 43.0. The Morgan fingerprint density at radius 3 is 2.28 bits per heavy atom. The minimum atomic E-state index is -0.195. The third-order valence-corrected chi connectivity index (χ3v) is 6.15. The van der Waals surface area contributed by atoms with Crippen molar-refractivity contribution in [1.82, 2.24) is 20.0 Å². The van der Waals surface area contributed by atoms with E-state index in [2.05, 4.69) is 5.32 Å². The number of hydrogen-bond donors (Lipinski definition) is 1. The summed E-state index contributed by atoms with van der Waals surface area (Å²) in [6, 6.07) is 9.58. The Morgan fingerprint density at radius 1 is 1.03 bits per heavy atom. The van der Waals surface area contributed by atoms with Gasteiger partial charge in [0.15, 0.2) is 0 Å². The highest BCUT2D eigenvalue weighted by Crippen LogP contribution is 2.22. The molecular weight excluding hydrogens is 408 g/mol. The summed E-state index contributed by atoms with van der Waals surface area (Å²) in [6.07, 6.45) is 1.77. The first-order chi connectivity index (χ1) is 15.3. The van der Waals surface area contributed by atoms with E-state index < -0.39 is 0 Å². The second-order valence-corrected chi connectivity index (χ2v) is 8.98. The van der Waals surface area contributed by atoms with E-state index in [1.807, 2.05) is 54.0 Å². The summed E-state index contributed by atoms with van der Waals surface area (Å²) in [5.41, 5.74) is 1.06. The fraction of sp³-hybridized carbons (Fsp3) is 0.625. The second-order valence-electron chi connectivity index (χ2n) is 8.98. The lowest BCUT2D eigenvalue weighted by molar-refractivity contribution is -0.150. The normalized spacial score (nSPS) is 21.8. The number of nitrogens with one attached hydrogen (secondary N) is 1. The number of benzene rings is 1. The zero-order chi connectivity index (χ0) is 23.1. The SMILES string of the molecule is CC1CN(C(=O)C2CCN(C(=O)CCNC(=O)N(C)Cc3ccccc3)CC2)CC(C)O1. The van der Waals surface area contributed by atoms with E-state index in [1.165, 1.54) is 0 Å². The van der Waals surface area contributed by atoms with Gasteiger partial charge in [0, 0.05) is 58.7 Å². The average Bonchev–Trinajstić information content (AvgIpc) is 2.78. The van der Waals surface area contributed by atoms with Crippen molar-refractivity contribution in [2.45, 2.75) is 51.9 Å². The second kappa shape index (κ2) is 11.3. The Labute approximate surface area is 190 Å². The number of hydrogen-bond acceptors (Lipinski definition) is 4. The molecule has 2 fully saturated rings. The number of morpholine rings is 1. The van der Waals surface area contributed by atoms with Crippen molar-refractivity contribution in [2.75, 3.05) is 39.8 Å². The van der Waals surface area contributed by atoms with Crippen LogP contribution in [0.3, 0.4) is 0 Å². The number of nitrogens with zero attached hydrogens (tertiary/aromatic N) is 3. The van der Waals surface area contributed by atoms with Crippen LogP contribution in [0.1, 0.15) is 38.7 Å². The van der Waals surface area contributed by atoms with Crippen LogP contribution in [0.4, 0.5) is 4.79 Å². The molecule has 0 bridgehead atoms.